The zero-order chi connectivity index (χ0) is 13.9. The van der Waals surface area contributed by atoms with E-state index in [1.165, 1.54) is 21.0 Å². The molecule has 0 amide bonds. The summed E-state index contributed by atoms with van der Waals surface area (Å²) >= 11 is 0. The number of aliphatic hydroxyl groups is 1. The molecule has 0 saturated heterocycles. The van der Waals surface area contributed by atoms with Crippen molar-refractivity contribution in [1.29, 1.82) is 0 Å². The SMILES string of the molecule is CNCC(O)c1c(C)ccc(C(C)(C)F)c1OC. The summed E-state index contributed by atoms with van der Waals surface area (Å²) in [6, 6.07) is 3.52. The number of hydrogen-bond acceptors (Lipinski definition) is 3. The van der Waals surface area contributed by atoms with Crippen molar-refractivity contribution in [3.63, 3.8) is 0 Å². The van der Waals surface area contributed by atoms with Crippen LogP contribution in [0.4, 0.5) is 4.39 Å². The van der Waals surface area contributed by atoms with E-state index < -0.39 is 11.8 Å². The summed E-state index contributed by atoms with van der Waals surface area (Å²) in [6.07, 6.45) is -0.716. The van der Waals surface area contributed by atoms with Gasteiger partial charge in [0.2, 0.25) is 0 Å². The number of alkyl halides is 1. The van der Waals surface area contributed by atoms with Gasteiger partial charge in [-0.05, 0) is 33.4 Å². The molecule has 0 heterocycles. The van der Waals surface area contributed by atoms with E-state index in [2.05, 4.69) is 5.32 Å². The highest BCUT2D eigenvalue weighted by molar-refractivity contribution is 5.49. The van der Waals surface area contributed by atoms with Gasteiger partial charge in [-0.2, -0.15) is 0 Å². The fraction of sp³-hybridized carbons (Fsp3) is 0.571. The van der Waals surface area contributed by atoms with E-state index in [4.69, 9.17) is 4.74 Å². The Morgan fingerprint density at radius 2 is 2.06 bits per heavy atom. The van der Waals surface area contributed by atoms with Crippen molar-refractivity contribution in [3.05, 3.63) is 28.8 Å². The van der Waals surface area contributed by atoms with Crippen LogP contribution in [0.5, 0.6) is 5.75 Å². The van der Waals surface area contributed by atoms with Gasteiger partial charge in [0.1, 0.15) is 11.4 Å². The zero-order valence-corrected chi connectivity index (χ0v) is 11.7. The highest BCUT2D eigenvalue weighted by Gasteiger charge is 2.28. The first-order valence-electron chi connectivity index (χ1n) is 6.02. The van der Waals surface area contributed by atoms with E-state index in [1.54, 1.807) is 13.1 Å². The van der Waals surface area contributed by atoms with Crippen molar-refractivity contribution in [2.45, 2.75) is 32.5 Å². The lowest BCUT2D eigenvalue weighted by molar-refractivity contribution is 0.169. The Labute approximate surface area is 108 Å². The summed E-state index contributed by atoms with van der Waals surface area (Å²) in [5.41, 5.74) is 0.492. The summed E-state index contributed by atoms with van der Waals surface area (Å²) in [7, 11) is 3.26. The van der Waals surface area contributed by atoms with Gasteiger partial charge in [0.15, 0.2) is 0 Å². The van der Waals surface area contributed by atoms with Crippen molar-refractivity contribution >= 4 is 0 Å². The van der Waals surface area contributed by atoms with Crippen molar-refractivity contribution in [3.8, 4) is 5.75 Å². The molecule has 18 heavy (non-hydrogen) atoms. The minimum atomic E-state index is -1.51. The van der Waals surface area contributed by atoms with Gasteiger partial charge in [-0.3, -0.25) is 0 Å². The Balaban J connectivity index is 3.39. The molecule has 0 aromatic heterocycles. The fourth-order valence-electron chi connectivity index (χ4n) is 2.10. The molecule has 0 spiro atoms. The summed E-state index contributed by atoms with van der Waals surface area (Å²) in [6.45, 7) is 5.24. The van der Waals surface area contributed by atoms with Gasteiger partial charge in [0, 0.05) is 17.7 Å². The van der Waals surface area contributed by atoms with Crippen molar-refractivity contribution in [2.75, 3.05) is 20.7 Å². The van der Waals surface area contributed by atoms with Crippen LogP contribution in [0.25, 0.3) is 0 Å². The maximum Gasteiger partial charge on any atom is 0.134 e. The van der Waals surface area contributed by atoms with Crippen LogP contribution in [-0.4, -0.2) is 25.8 Å². The number of aryl methyl sites for hydroxylation is 1. The van der Waals surface area contributed by atoms with Gasteiger partial charge < -0.3 is 15.2 Å². The number of likely N-dealkylation sites (N-methyl/N-ethyl adjacent to an activating group) is 1. The average Bonchev–Trinajstić information content (AvgIpc) is 2.26. The number of benzene rings is 1. The number of hydrogen-bond donors (Lipinski definition) is 2. The van der Waals surface area contributed by atoms with Crippen LogP contribution in [0.1, 0.15) is 36.6 Å². The molecule has 0 saturated carbocycles. The molecule has 0 bridgehead atoms. The molecule has 0 aliphatic heterocycles. The van der Waals surface area contributed by atoms with E-state index in [1.807, 2.05) is 13.0 Å². The van der Waals surface area contributed by atoms with Gasteiger partial charge in [-0.1, -0.05) is 12.1 Å². The Kier molecular flexibility index (Phi) is 4.71. The first-order valence-corrected chi connectivity index (χ1v) is 6.02. The van der Waals surface area contributed by atoms with Gasteiger partial charge in [0.05, 0.1) is 13.2 Å². The van der Waals surface area contributed by atoms with Crippen molar-refractivity contribution in [1.82, 2.24) is 5.32 Å². The van der Waals surface area contributed by atoms with E-state index in [-0.39, 0.29) is 0 Å². The number of aliphatic hydroxyl groups excluding tert-OH is 1. The first-order chi connectivity index (χ1) is 8.32. The van der Waals surface area contributed by atoms with Crippen LogP contribution in [0.15, 0.2) is 12.1 Å². The lowest BCUT2D eigenvalue weighted by atomic mass is 9.91. The largest absolute Gasteiger partial charge is 0.496 e. The topological polar surface area (TPSA) is 41.5 Å². The summed E-state index contributed by atoms with van der Waals surface area (Å²) in [5.74, 6) is 0.435. The van der Waals surface area contributed by atoms with Gasteiger partial charge in [-0.25, -0.2) is 4.39 Å². The third kappa shape index (κ3) is 3.00. The predicted octanol–water partition coefficient (Wildman–Crippen LogP) is 2.46. The van der Waals surface area contributed by atoms with Crippen molar-refractivity contribution < 1.29 is 14.2 Å². The molecular formula is C14H22FNO2. The lowest BCUT2D eigenvalue weighted by Gasteiger charge is -2.24. The molecule has 102 valence electrons. The van der Waals surface area contributed by atoms with Crippen LogP contribution in [0.2, 0.25) is 0 Å². The predicted molar refractivity (Wildman–Crippen MR) is 70.8 cm³/mol. The average molecular weight is 255 g/mol. The molecule has 2 N–H and O–H groups in total. The number of nitrogens with one attached hydrogen (secondary N) is 1. The Bertz CT molecular complexity index is 413. The summed E-state index contributed by atoms with van der Waals surface area (Å²) in [4.78, 5) is 0. The van der Waals surface area contributed by atoms with Crippen LogP contribution < -0.4 is 10.1 Å². The molecule has 1 atom stereocenters. The third-order valence-electron chi connectivity index (χ3n) is 2.99. The van der Waals surface area contributed by atoms with Crippen molar-refractivity contribution in [2.24, 2.45) is 0 Å². The van der Waals surface area contributed by atoms with Gasteiger partial charge in [0.25, 0.3) is 0 Å². The smallest absolute Gasteiger partial charge is 0.134 e. The lowest BCUT2D eigenvalue weighted by Crippen LogP contribution is -2.20. The standard InChI is InChI=1S/C14H22FNO2/c1-9-6-7-10(14(2,3)15)13(18-5)12(9)11(17)8-16-4/h6-7,11,16-17H,8H2,1-5H3. The molecule has 1 unspecified atom stereocenters. The third-order valence-corrected chi connectivity index (χ3v) is 2.99. The monoisotopic (exact) mass is 255 g/mol. The van der Waals surface area contributed by atoms with Crippen LogP contribution in [-0.2, 0) is 5.67 Å². The molecule has 1 rings (SSSR count). The van der Waals surface area contributed by atoms with Gasteiger partial charge in [-0.15, -0.1) is 0 Å². The second-order valence-corrected chi connectivity index (χ2v) is 4.92. The molecule has 3 nitrogen and oxygen atoms in total. The molecule has 0 fully saturated rings. The fourth-order valence-corrected chi connectivity index (χ4v) is 2.10. The minimum absolute atomic E-state index is 0.396. The van der Waals surface area contributed by atoms with E-state index in [9.17, 15) is 9.50 Å². The Morgan fingerprint density at radius 1 is 1.44 bits per heavy atom. The van der Waals surface area contributed by atoms with Gasteiger partial charge >= 0.3 is 0 Å². The second kappa shape index (κ2) is 5.67. The van der Waals surface area contributed by atoms with Crippen LogP contribution >= 0.6 is 0 Å². The molecular weight excluding hydrogens is 233 g/mol. The molecule has 1 aromatic rings. The highest BCUT2D eigenvalue weighted by atomic mass is 19.1. The first kappa shape index (κ1) is 14.9. The number of ether oxygens (including phenoxy) is 1. The maximum absolute atomic E-state index is 14.2. The molecule has 0 aliphatic carbocycles. The molecule has 0 radical (unpaired) electrons. The Morgan fingerprint density at radius 3 is 2.50 bits per heavy atom. The zero-order valence-electron chi connectivity index (χ0n) is 11.7. The number of halogens is 1. The molecule has 4 heteroatoms. The van der Waals surface area contributed by atoms with Crippen LogP contribution in [0, 0.1) is 6.92 Å². The normalized spacial score (nSPS) is 13.5. The number of methoxy groups -OCH3 is 1. The summed E-state index contributed by atoms with van der Waals surface area (Å²) in [5, 5.41) is 13.0. The van der Waals surface area contributed by atoms with E-state index in [0.29, 0.717) is 23.4 Å². The molecule has 0 aliphatic rings. The number of rotatable bonds is 5. The van der Waals surface area contributed by atoms with E-state index >= 15 is 0 Å². The highest BCUT2D eigenvalue weighted by Crippen LogP contribution is 2.39. The second-order valence-electron chi connectivity index (χ2n) is 4.92. The quantitative estimate of drug-likeness (QED) is 0.849. The minimum Gasteiger partial charge on any atom is -0.496 e. The van der Waals surface area contributed by atoms with E-state index in [0.717, 1.165) is 5.56 Å². The molecule has 1 aromatic carbocycles. The van der Waals surface area contributed by atoms with Crippen LogP contribution in [0.3, 0.4) is 0 Å². The summed E-state index contributed by atoms with van der Waals surface area (Å²) < 4.78 is 19.5. The Hall–Kier alpha value is -1.13. The maximum atomic E-state index is 14.2.